The second kappa shape index (κ2) is 4.98. The monoisotopic (exact) mass is 230 g/mol. The Labute approximate surface area is 100 Å². The molecule has 0 spiro atoms. The Balaban J connectivity index is 2.15. The van der Waals surface area contributed by atoms with Crippen molar-refractivity contribution in [3.05, 3.63) is 35.4 Å². The highest BCUT2D eigenvalue weighted by atomic mass is 16.5. The summed E-state index contributed by atoms with van der Waals surface area (Å²) in [4.78, 5) is 14.0. The molecule has 4 heteroatoms. The Bertz CT molecular complexity index is 447. The van der Waals surface area contributed by atoms with E-state index in [0.29, 0.717) is 30.9 Å². The maximum atomic E-state index is 12.2. The third-order valence-electron chi connectivity index (χ3n) is 2.89. The highest BCUT2D eigenvalue weighted by molar-refractivity contribution is 5.94. The number of hydrogen-bond donors (Lipinski definition) is 0. The molecule has 2 rings (SSSR count). The predicted molar refractivity (Wildman–Crippen MR) is 62.5 cm³/mol. The van der Waals surface area contributed by atoms with Gasteiger partial charge in [0.05, 0.1) is 30.9 Å². The minimum atomic E-state index is 0.00490. The Hall–Kier alpha value is -1.86. The molecule has 1 aromatic rings. The number of nitriles is 1. The zero-order valence-electron chi connectivity index (χ0n) is 9.72. The van der Waals surface area contributed by atoms with E-state index < -0.39 is 0 Å². The first-order chi connectivity index (χ1) is 8.22. The van der Waals surface area contributed by atoms with Crippen LogP contribution in [0.5, 0.6) is 0 Å². The SMILES string of the molecule is CC1COCCN1C(=O)c1ccc(C#N)cc1. The lowest BCUT2D eigenvalue weighted by Gasteiger charge is -2.33. The van der Waals surface area contributed by atoms with E-state index in [2.05, 4.69) is 0 Å². The van der Waals surface area contributed by atoms with Gasteiger partial charge in [-0.2, -0.15) is 5.26 Å². The van der Waals surface area contributed by atoms with Gasteiger partial charge in [0.25, 0.3) is 5.91 Å². The van der Waals surface area contributed by atoms with Crippen molar-refractivity contribution in [1.82, 2.24) is 4.90 Å². The molecule has 1 aliphatic rings. The van der Waals surface area contributed by atoms with Crippen molar-refractivity contribution in [3.8, 4) is 6.07 Å². The summed E-state index contributed by atoms with van der Waals surface area (Å²) < 4.78 is 5.30. The van der Waals surface area contributed by atoms with Gasteiger partial charge in [0.15, 0.2) is 0 Å². The summed E-state index contributed by atoms with van der Waals surface area (Å²) in [5.41, 5.74) is 1.19. The molecule has 0 aliphatic carbocycles. The van der Waals surface area contributed by atoms with E-state index in [0.717, 1.165) is 0 Å². The Kier molecular flexibility index (Phi) is 3.40. The third kappa shape index (κ3) is 2.45. The molecule has 0 N–H and O–H groups in total. The molecule has 1 fully saturated rings. The van der Waals surface area contributed by atoms with Gasteiger partial charge in [-0.15, -0.1) is 0 Å². The molecule has 4 nitrogen and oxygen atoms in total. The van der Waals surface area contributed by atoms with Gasteiger partial charge in [-0.25, -0.2) is 0 Å². The summed E-state index contributed by atoms with van der Waals surface area (Å²) in [5, 5.41) is 8.70. The van der Waals surface area contributed by atoms with Crippen LogP contribution in [-0.2, 0) is 4.74 Å². The smallest absolute Gasteiger partial charge is 0.254 e. The van der Waals surface area contributed by atoms with Crippen LogP contribution in [0.2, 0.25) is 0 Å². The number of morpholine rings is 1. The van der Waals surface area contributed by atoms with Crippen LogP contribution in [0.15, 0.2) is 24.3 Å². The minimum absolute atomic E-state index is 0.00490. The fourth-order valence-corrected chi connectivity index (χ4v) is 1.88. The van der Waals surface area contributed by atoms with Crippen molar-refractivity contribution in [1.29, 1.82) is 5.26 Å². The van der Waals surface area contributed by atoms with Gasteiger partial charge in [-0.1, -0.05) is 0 Å². The molecule has 0 bridgehead atoms. The topological polar surface area (TPSA) is 53.3 Å². The van der Waals surface area contributed by atoms with Crippen LogP contribution >= 0.6 is 0 Å². The third-order valence-corrected chi connectivity index (χ3v) is 2.89. The fourth-order valence-electron chi connectivity index (χ4n) is 1.88. The van der Waals surface area contributed by atoms with Crippen molar-refractivity contribution in [3.63, 3.8) is 0 Å². The van der Waals surface area contributed by atoms with Gasteiger partial charge in [0.2, 0.25) is 0 Å². The molecule has 1 atom stereocenters. The van der Waals surface area contributed by atoms with E-state index >= 15 is 0 Å². The lowest BCUT2D eigenvalue weighted by atomic mass is 10.1. The molecule has 0 aromatic heterocycles. The van der Waals surface area contributed by atoms with Crippen molar-refractivity contribution in [2.45, 2.75) is 13.0 Å². The fraction of sp³-hybridized carbons (Fsp3) is 0.385. The number of carbonyl (C=O) groups is 1. The van der Waals surface area contributed by atoms with Crippen molar-refractivity contribution >= 4 is 5.91 Å². The quantitative estimate of drug-likeness (QED) is 0.733. The summed E-state index contributed by atoms with van der Waals surface area (Å²) in [6.07, 6.45) is 0. The number of benzene rings is 1. The van der Waals surface area contributed by atoms with Crippen molar-refractivity contribution in [2.24, 2.45) is 0 Å². The molecule has 1 aromatic carbocycles. The van der Waals surface area contributed by atoms with Crippen LogP contribution in [0, 0.1) is 11.3 Å². The standard InChI is InChI=1S/C13H14N2O2/c1-10-9-17-7-6-15(10)13(16)12-4-2-11(8-14)3-5-12/h2-5,10H,6-7,9H2,1H3. The van der Waals surface area contributed by atoms with Crippen LogP contribution in [0.3, 0.4) is 0 Å². The molecule has 88 valence electrons. The number of nitrogens with zero attached hydrogens (tertiary/aromatic N) is 2. The Morgan fingerprint density at radius 2 is 2.18 bits per heavy atom. The van der Waals surface area contributed by atoms with Gasteiger partial charge < -0.3 is 9.64 Å². The summed E-state index contributed by atoms with van der Waals surface area (Å²) in [5.74, 6) is 0.00490. The number of ether oxygens (including phenoxy) is 1. The molecule has 1 amide bonds. The first kappa shape index (κ1) is 11.6. The maximum Gasteiger partial charge on any atom is 0.254 e. The number of rotatable bonds is 1. The first-order valence-electron chi connectivity index (χ1n) is 5.61. The molecule has 17 heavy (non-hydrogen) atoms. The zero-order valence-corrected chi connectivity index (χ0v) is 9.72. The normalized spacial score (nSPS) is 19.8. The van der Waals surface area contributed by atoms with E-state index in [1.54, 1.807) is 24.3 Å². The number of hydrogen-bond acceptors (Lipinski definition) is 3. The summed E-state index contributed by atoms with van der Waals surface area (Å²) in [7, 11) is 0. The molecular formula is C13H14N2O2. The van der Waals surface area contributed by atoms with Crippen molar-refractivity contribution < 1.29 is 9.53 Å². The van der Waals surface area contributed by atoms with Crippen LogP contribution in [-0.4, -0.2) is 36.6 Å². The van der Waals surface area contributed by atoms with Gasteiger partial charge in [0.1, 0.15) is 0 Å². The number of amides is 1. The van der Waals surface area contributed by atoms with Gasteiger partial charge >= 0.3 is 0 Å². The lowest BCUT2D eigenvalue weighted by molar-refractivity contribution is 0.00359. The molecular weight excluding hydrogens is 216 g/mol. The average Bonchev–Trinajstić information content (AvgIpc) is 2.39. The average molecular weight is 230 g/mol. The van der Waals surface area contributed by atoms with Crippen LogP contribution in [0.4, 0.5) is 0 Å². The highest BCUT2D eigenvalue weighted by Crippen LogP contribution is 2.12. The van der Waals surface area contributed by atoms with Gasteiger partial charge in [-0.05, 0) is 31.2 Å². The second-order valence-electron chi connectivity index (χ2n) is 4.11. The summed E-state index contributed by atoms with van der Waals surface area (Å²) in [6, 6.07) is 8.87. The maximum absolute atomic E-state index is 12.2. The molecule has 1 heterocycles. The second-order valence-corrected chi connectivity index (χ2v) is 4.11. The predicted octanol–water partition coefficient (Wildman–Crippen LogP) is 1.42. The van der Waals surface area contributed by atoms with E-state index in [9.17, 15) is 4.79 Å². The van der Waals surface area contributed by atoms with Crippen molar-refractivity contribution in [2.75, 3.05) is 19.8 Å². The molecule has 1 aliphatic heterocycles. The first-order valence-corrected chi connectivity index (χ1v) is 5.61. The lowest BCUT2D eigenvalue weighted by Crippen LogP contribution is -2.47. The van der Waals surface area contributed by atoms with Gasteiger partial charge in [-0.3, -0.25) is 4.79 Å². The molecule has 1 saturated heterocycles. The van der Waals surface area contributed by atoms with Crippen LogP contribution in [0.1, 0.15) is 22.8 Å². The van der Waals surface area contributed by atoms with E-state index in [1.807, 2.05) is 17.9 Å². The van der Waals surface area contributed by atoms with E-state index in [1.165, 1.54) is 0 Å². The molecule has 0 saturated carbocycles. The zero-order chi connectivity index (χ0) is 12.3. The minimum Gasteiger partial charge on any atom is -0.377 e. The highest BCUT2D eigenvalue weighted by Gasteiger charge is 2.24. The molecule has 1 unspecified atom stereocenters. The van der Waals surface area contributed by atoms with E-state index in [4.69, 9.17) is 10.00 Å². The van der Waals surface area contributed by atoms with E-state index in [-0.39, 0.29) is 11.9 Å². The Morgan fingerprint density at radius 1 is 1.47 bits per heavy atom. The molecule has 0 radical (unpaired) electrons. The van der Waals surface area contributed by atoms with Crippen LogP contribution in [0.25, 0.3) is 0 Å². The Morgan fingerprint density at radius 3 is 2.76 bits per heavy atom. The summed E-state index contributed by atoms with van der Waals surface area (Å²) in [6.45, 7) is 3.77. The summed E-state index contributed by atoms with van der Waals surface area (Å²) >= 11 is 0. The van der Waals surface area contributed by atoms with Gasteiger partial charge in [0, 0.05) is 12.1 Å². The largest absolute Gasteiger partial charge is 0.377 e. The number of carbonyl (C=O) groups excluding carboxylic acids is 1. The van der Waals surface area contributed by atoms with Crippen LogP contribution < -0.4 is 0 Å².